The van der Waals surface area contributed by atoms with Crippen LogP contribution in [0.1, 0.15) is 36.6 Å². The maximum atomic E-state index is 12.6. The zero-order chi connectivity index (χ0) is 18.5. The van der Waals surface area contributed by atoms with Crippen molar-refractivity contribution in [1.29, 1.82) is 0 Å². The van der Waals surface area contributed by atoms with Gasteiger partial charge in [-0.15, -0.1) is 0 Å². The van der Waals surface area contributed by atoms with Gasteiger partial charge in [0.05, 0.1) is 19.3 Å². The van der Waals surface area contributed by atoms with Gasteiger partial charge in [0.2, 0.25) is 5.91 Å². The summed E-state index contributed by atoms with van der Waals surface area (Å²) in [5, 5.41) is 10.8. The lowest BCUT2D eigenvalue weighted by atomic mass is 9.83. The van der Waals surface area contributed by atoms with E-state index in [1.807, 2.05) is 13.0 Å². The summed E-state index contributed by atoms with van der Waals surface area (Å²) in [7, 11) is 3.21. The van der Waals surface area contributed by atoms with Crippen molar-refractivity contribution in [3.8, 4) is 11.5 Å². The predicted octanol–water partition coefficient (Wildman–Crippen LogP) is 1.99. The lowest BCUT2D eigenvalue weighted by Crippen LogP contribution is -2.62. The number of carbonyl (C=O) groups is 2. The Balaban J connectivity index is 2.14. The third-order valence-electron chi connectivity index (χ3n) is 4.84. The number of hydrogen-bond acceptors (Lipinski definition) is 5. The van der Waals surface area contributed by atoms with E-state index in [0.717, 1.165) is 11.1 Å². The van der Waals surface area contributed by atoms with Crippen LogP contribution in [0.3, 0.4) is 0 Å². The van der Waals surface area contributed by atoms with Crippen LogP contribution in [0.25, 0.3) is 0 Å². The molecule has 136 valence electrons. The summed E-state index contributed by atoms with van der Waals surface area (Å²) in [6, 6.07) is 0.851. The monoisotopic (exact) mass is 348 g/mol. The van der Waals surface area contributed by atoms with Crippen molar-refractivity contribution >= 4 is 12.0 Å². The number of nitrogens with zero attached hydrogens (tertiary/aromatic N) is 2. The zero-order valence-electron chi connectivity index (χ0n) is 15.2. The maximum absolute atomic E-state index is 12.6. The van der Waals surface area contributed by atoms with Gasteiger partial charge in [0.1, 0.15) is 6.04 Å². The molecule has 0 unspecified atom stereocenters. The molecule has 25 heavy (non-hydrogen) atoms. The van der Waals surface area contributed by atoms with Gasteiger partial charge in [-0.3, -0.25) is 9.69 Å². The number of fused-ring (bicyclic) bond motifs is 4. The summed E-state index contributed by atoms with van der Waals surface area (Å²) >= 11 is 0. The van der Waals surface area contributed by atoms with Crippen LogP contribution < -0.4 is 4.74 Å². The molecule has 2 aliphatic rings. The number of aromatic hydroxyl groups is 1. The normalized spacial score (nSPS) is 22.1. The molecular weight excluding hydrogens is 324 g/mol. The standard InChI is InChI=1S/C18H24N2O5/c1-9(2)25-18(23)20-12-7-11-6-10(3)16(24-5)15(21)14(11)13(20)8-19(4)17(12)22/h6,9,12-13,21H,7-8H2,1-5H3/t12-,13-/m0/s1. The van der Waals surface area contributed by atoms with Crippen molar-refractivity contribution < 1.29 is 24.2 Å². The quantitative estimate of drug-likeness (QED) is 0.884. The molecule has 2 amide bonds. The van der Waals surface area contributed by atoms with Gasteiger partial charge in [0.15, 0.2) is 11.5 Å². The fourth-order valence-corrected chi connectivity index (χ4v) is 3.83. The number of phenols is 1. The lowest BCUT2D eigenvalue weighted by molar-refractivity contribution is -0.143. The molecule has 1 fully saturated rings. The van der Waals surface area contributed by atoms with Crippen molar-refractivity contribution in [2.75, 3.05) is 20.7 Å². The SMILES string of the molecule is COc1c(C)cc2c(c1O)[C@@H]1CN(C)C(=O)[C@H](C2)N1C(=O)OC(C)C. The van der Waals surface area contributed by atoms with E-state index in [-0.39, 0.29) is 17.8 Å². The molecule has 0 saturated carbocycles. The first-order valence-electron chi connectivity index (χ1n) is 8.39. The molecule has 1 N–H and O–H groups in total. The summed E-state index contributed by atoms with van der Waals surface area (Å²) in [6.45, 7) is 5.68. The second-order valence-corrected chi connectivity index (χ2v) is 6.94. The molecule has 2 bridgehead atoms. The summed E-state index contributed by atoms with van der Waals surface area (Å²) in [4.78, 5) is 28.3. The van der Waals surface area contributed by atoms with E-state index in [2.05, 4.69) is 0 Å². The fourth-order valence-electron chi connectivity index (χ4n) is 3.83. The molecule has 0 aromatic heterocycles. The molecule has 3 rings (SSSR count). The van der Waals surface area contributed by atoms with E-state index < -0.39 is 18.2 Å². The van der Waals surface area contributed by atoms with Gasteiger partial charge in [-0.2, -0.15) is 0 Å². The summed E-state index contributed by atoms with van der Waals surface area (Å²) in [5.74, 6) is 0.315. The van der Waals surface area contributed by atoms with E-state index in [1.165, 1.54) is 12.0 Å². The minimum absolute atomic E-state index is 0.0334. The number of piperazine rings is 1. The summed E-state index contributed by atoms with van der Waals surface area (Å²) in [6.07, 6.45) is -0.472. The number of aryl methyl sites for hydroxylation is 1. The van der Waals surface area contributed by atoms with Gasteiger partial charge in [0.25, 0.3) is 0 Å². The van der Waals surface area contributed by atoms with Crippen molar-refractivity contribution in [3.63, 3.8) is 0 Å². The summed E-state index contributed by atoms with van der Waals surface area (Å²) < 4.78 is 10.7. The van der Waals surface area contributed by atoms with Crippen LogP contribution in [0.4, 0.5) is 4.79 Å². The van der Waals surface area contributed by atoms with Crippen molar-refractivity contribution in [1.82, 2.24) is 9.80 Å². The lowest BCUT2D eigenvalue weighted by Gasteiger charge is -2.48. The smallest absolute Gasteiger partial charge is 0.411 e. The Morgan fingerprint density at radius 3 is 2.64 bits per heavy atom. The molecular formula is C18H24N2O5. The number of carbonyl (C=O) groups excluding carboxylic acids is 2. The van der Waals surface area contributed by atoms with E-state index >= 15 is 0 Å². The number of benzene rings is 1. The van der Waals surface area contributed by atoms with Crippen molar-refractivity contribution in [2.24, 2.45) is 0 Å². The number of ether oxygens (including phenoxy) is 2. The Morgan fingerprint density at radius 1 is 1.36 bits per heavy atom. The highest BCUT2D eigenvalue weighted by Gasteiger charge is 2.49. The van der Waals surface area contributed by atoms with Crippen LogP contribution in [-0.4, -0.2) is 59.8 Å². The van der Waals surface area contributed by atoms with Gasteiger partial charge in [-0.1, -0.05) is 6.07 Å². The van der Waals surface area contributed by atoms with Gasteiger partial charge < -0.3 is 19.5 Å². The van der Waals surface area contributed by atoms with Crippen LogP contribution in [-0.2, 0) is 16.0 Å². The molecule has 2 aliphatic heterocycles. The first-order chi connectivity index (χ1) is 11.8. The molecule has 1 saturated heterocycles. The first-order valence-corrected chi connectivity index (χ1v) is 8.39. The highest BCUT2D eigenvalue weighted by molar-refractivity contribution is 5.89. The number of amides is 2. The largest absolute Gasteiger partial charge is 0.504 e. The average Bonchev–Trinajstić information content (AvgIpc) is 2.51. The number of hydrogen-bond donors (Lipinski definition) is 1. The fraction of sp³-hybridized carbons (Fsp3) is 0.556. The number of rotatable bonds is 2. The second-order valence-electron chi connectivity index (χ2n) is 6.94. The molecule has 0 spiro atoms. The molecule has 7 heteroatoms. The van der Waals surface area contributed by atoms with E-state index in [9.17, 15) is 14.7 Å². The molecule has 1 aromatic rings. The second kappa shape index (κ2) is 6.13. The summed E-state index contributed by atoms with van der Waals surface area (Å²) in [5.41, 5.74) is 2.32. The van der Waals surface area contributed by atoms with Crippen LogP contribution in [0.5, 0.6) is 11.5 Å². The molecule has 1 aromatic carbocycles. The highest BCUT2D eigenvalue weighted by Crippen LogP contribution is 2.47. The predicted molar refractivity (Wildman–Crippen MR) is 90.7 cm³/mol. The van der Waals surface area contributed by atoms with E-state index in [4.69, 9.17) is 9.47 Å². The van der Waals surface area contributed by atoms with E-state index in [1.54, 1.807) is 25.8 Å². The number of phenolic OH excluding ortho intramolecular Hbond substituents is 1. The Kier molecular flexibility index (Phi) is 4.26. The van der Waals surface area contributed by atoms with Crippen LogP contribution in [0.15, 0.2) is 6.07 Å². The molecule has 7 nitrogen and oxygen atoms in total. The topological polar surface area (TPSA) is 79.3 Å². The zero-order valence-corrected chi connectivity index (χ0v) is 15.2. The Morgan fingerprint density at radius 2 is 2.04 bits per heavy atom. The molecule has 0 aliphatic carbocycles. The molecule has 0 radical (unpaired) electrons. The Hall–Kier alpha value is -2.44. The first kappa shape index (κ1) is 17.4. The van der Waals surface area contributed by atoms with Gasteiger partial charge in [-0.25, -0.2) is 4.79 Å². The van der Waals surface area contributed by atoms with Gasteiger partial charge in [0, 0.05) is 25.6 Å². The number of methoxy groups -OCH3 is 1. The third-order valence-corrected chi connectivity index (χ3v) is 4.84. The highest BCUT2D eigenvalue weighted by atomic mass is 16.6. The molecule has 2 atom stereocenters. The molecule has 2 heterocycles. The van der Waals surface area contributed by atoms with Crippen LogP contribution >= 0.6 is 0 Å². The maximum Gasteiger partial charge on any atom is 0.411 e. The van der Waals surface area contributed by atoms with Crippen molar-refractivity contribution in [2.45, 2.75) is 45.4 Å². The van der Waals surface area contributed by atoms with E-state index in [0.29, 0.717) is 24.3 Å². The number of likely N-dealkylation sites (N-methyl/N-ethyl adjacent to an activating group) is 1. The average molecular weight is 348 g/mol. The van der Waals surface area contributed by atoms with Crippen LogP contribution in [0, 0.1) is 6.92 Å². The Labute approximate surface area is 147 Å². The van der Waals surface area contributed by atoms with Crippen molar-refractivity contribution in [3.05, 3.63) is 22.8 Å². The third kappa shape index (κ3) is 2.67. The van der Waals surface area contributed by atoms with Gasteiger partial charge in [-0.05, 0) is 31.9 Å². The van der Waals surface area contributed by atoms with Crippen LogP contribution in [0.2, 0.25) is 0 Å². The van der Waals surface area contributed by atoms with Gasteiger partial charge >= 0.3 is 6.09 Å². The Bertz CT molecular complexity index is 731. The minimum atomic E-state index is -0.616. The minimum Gasteiger partial charge on any atom is -0.504 e.